The van der Waals surface area contributed by atoms with Gasteiger partial charge < -0.3 is 14.4 Å². The van der Waals surface area contributed by atoms with E-state index in [1.807, 2.05) is 11.8 Å². The molecule has 0 unspecified atom stereocenters. The molecule has 22 heavy (non-hydrogen) atoms. The molecule has 2 aliphatic heterocycles. The summed E-state index contributed by atoms with van der Waals surface area (Å²) in [6.45, 7) is 5.16. The van der Waals surface area contributed by atoms with Crippen molar-refractivity contribution in [3.63, 3.8) is 0 Å². The predicted molar refractivity (Wildman–Crippen MR) is 85.2 cm³/mol. The van der Waals surface area contributed by atoms with Crippen LogP contribution in [0.1, 0.15) is 42.3 Å². The van der Waals surface area contributed by atoms with Gasteiger partial charge in [-0.3, -0.25) is 4.79 Å². The van der Waals surface area contributed by atoms with Gasteiger partial charge in [-0.2, -0.15) is 0 Å². The number of hydrogen-bond acceptors (Lipinski definition) is 5. The number of aryl methyl sites for hydroxylation is 1. The number of nitrogens with zero attached hydrogens (tertiary/aromatic N) is 2. The average molecular weight is 324 g/mol. The topological polar surface area (TPSA) is 51.7 Å². The molecule has 3 rings (SSSR count). The van der Waals surface area contributed by atoms with Crippen LogP contribution in [0.4, 0.5) is 0 Å². The van der Waals surface area contributed by atoms with Crippen molar-refractivity contribution in [2.75, 3.05) is 32.9 Å². The van der Waals surface area contributed by atoms with Gasteiger partial charge in [0, 0.05) is 36.7 Å². The Morgan fingerprint density at radius 1 is 1.50 bits per heavy atom. The Hall–Kier alpha value is -0.980. The molecule has 122 valence electrons. The Kier molecular flexibility index (Phi) is 5.44. The van der Waals surface area contributed by atoms with E-state index in [0.717, 1.165) is 56.1 Å². The normalized spacial score (nSPS) is 25.6. The molecule has 2 fully saturated rings. The SMILES string of the molecule is Cc1csc([C@H]2CCCN(C(=O)COC[C@H]3CCCO3)C2)n1. The van der Waals surface area contributed by atoms with Crippen molar-refractivity contribution in [3.8, 4) is 0 Å². The highest BCUT2D eigenvalue weighted by Crippen LogP contribution is 2.29. The number of hydrogen-bond donors (Lipinski definition) is 0. The van der Waals surface area contributed by atoms with Crippen molar-refractivity contribution in [1.82, 2.24) is 9.88 Å². The molecule has 0 saturated carbocycles. The highest BCUT2D eigenvalue weighted by Gasteiger charge is 2.26. The fourth-order valence-corrected chi connectivity index (χ4v) is 4.04. The molecule has 0 aromatic carbocycles. The van der Waals surface area contributed by atoms with Crippen LogP contribution in [0.5, 0.6) is 0 Å². The predicted octanol–water partition coefficient (Wildman–Crippen LogP) is 2.35. The van der Waals surface area contributed by atoms with E-state index in [0.29, 0.717) is 12.5 Å². The lowest BCUT2D eigenvalue weighted by molar-refractivity contribution is -0.138. The molecule has 6 heteroatoms. The molecule has 0 radical (unpaired) electrons. The maximum absolute atomic E-state index is 12.3. The van der Waals surface area contributed by atoms with Crippen LogP contribution in [0.25, 0.3) is 0 Å². The number of carbonyl (C=O) groups excluding carboxylic acids is 1. The minimum absolute atomic E-state index is 0.0935. The Labute approximate surface area is 135 Å². The molecule has 3 heterocycles. The van der Waals surface area contributed by atoms with Crippen molar-refractivity contribution in [2.24, 2.45) is 0 Å². The van der Waals surface area contributed by atoms with Crippen molar-refractivity contribution < 1.29 is 14.3 Å². The summed E-state index contributed by atoms with van der Waals surface area (Å²) in [5, 5.41) is 3.25. The number of piperidine rings is 1. The largest absolute Gasteiger partial charge is 0.376 e. The Balaban J connectivity index is 1.45. The number of amides is 1. The Morgan fingerprint density at radius 3 is 3.14 bits per heavy atom. The Morgan fingerprint density at radius 2 is 2.41 bits per heavy atom. The van der Waals surface area contributed by atoms with Gasteiger partial charge in [-0.25, -0.2) is 4.98 Å². The van der Waals surface area contributed by atoms with Crippen LogP contribution in [0.15, 0.2) is 5.38 Å². The van der Waals surface area contributed by atoms with Gasteiger partial charge in [-0.1, -0.05) is 0 Å². The number of ether oxygens (including phenoxy) is 2. The zero-order valence-corrected chi connectivity index (χ0v) is 13.9. The first-order valence-electron chi connectivity index (χ1n) is 8.11. The first kappa shape index (κ1) is 15.9. The molecule has 0 aliphatic carbocycles. The smallest absolute Gasteiger partial charge is 0.248 e. The fraction of sp³-hybridized carbons (Fsp3) is 0.750. The highest BCUT2D eigenvalue weighted by molar-refractivity contribution is 7.09. The quantitative estimate of drug-likeness (QED) is 0.834. The summed E-state index contributed by atoms with van der Waals surface area (Å²) in [7, 11) is 0. The second-order valence-electron chi connectivity index (χ2n) is 6.16. The van der Waals surface area contributed by atoms with Gasteiger partial charge in [-0.05, 0) is 32.6 Å². The zero-order valence-electron chi connectivity index (χ0n) is 13.1. The maximum atomic E-state index is 12.3. The zero-order chi connectivity index (χ0) is 15.4. The monoisotopic (exact) mass is 324 g/mol. The van der Waals surface area contributed by atoms with Crippen LogP contribution in [0.3, 0.4) is 0 Å². The standard InChI is InChI=1S/C16H24N2O3S/c1-12-11-22-16(17-12)13-4-2-6-18(8-13)15(19)10-20-9-14-5-3-7-21-14/h11,13-14H,2-10H2,1H3/t13-,14+/m0/s1. The fourth-order valence-electron chi connectivity index (χ4n) is 3.11. The van der Waals surface area contributed by atoms with E-state index in [4.69, 9.17) is 9.47 Å². The average Bonchev–Trinajstić information content (AvgIpc) is 3.19. The highest BCUT2D eigenvalue weighted by atomic mass is 32.1. The molecule has 1 aromatic rings. The van der Waals surface area contributed by atoms with Gasteiger partial charge in [0.15, 0.2) is 0 Å². The summed E-state index contributed by atoms with van der Waals surface area (Å²) in [6.07, 6.45) is 4.49. The molecule has 0 spiro atoms. The van der Waals surface area contributed by atoms with Crippen LogP contribution in [0, 0.1) is 6.92 Å². The van der Waals surface area contributed by atoms with Crippen molar-refractivity contribution in [3.05, 3.63) is 16.1 Å². The number of likely N-dealkylation sites (tertiary alicyclic amines) is 1. The van der Waals surface area contributed by atoms with Gasteiger partial charge in [-0.15, -0.1) is 11.3 Å². The van der Waals surface area contributed by atoms with Crippen LogP contribution < -0.4 is 0 Å². The molecular weight excluding hydrogens is 300 g/mol. The molecule has 2 aliphatic rings. The lowest BCUT2D eigenvalue weighted by Gasteiger charge is -2.31. The number of aromatic nitrogens is 1. The number of thiazole rings is 1. The van der Waals surface area contributed by atoms with Crippen LogP contribution in [-0.2, 0) is 14.3 Å². The third-order valence-electron chi connectivity index (χ3n) is 4.31. The summed E-state index contributed by atoms with van der Waals surface area (Å²) in [6, 6.07) is 0. The summed E-state index contributed by atoms with van der Waals surface area (Å²) in [5.74, 6) is 0.477. The Bertz CT molecular complexity index is 499. The minimum Gasteiger partial charge on any atom is -0.376 e. The van der Waals surface area contributed by atoms with Gasteiger partial charge in [0.25, 0.3) is 0 Å². The van der Waals surface area contributed by atoms with E-state index in [2.05, 4.69) is 10.4 Å². The third-order valence-corrected chi connectivity index (χ3v) is 5.44. The van der Waals surface area contributed by atoms with Gasteiger partial charge >= 0.3 is 0 Å². The molecule has 2 atom stereocenters. The van der Waals surface area contributed by atoms with Crippen molar-refractivity contribution in [2.45, 2.75) is 44.6 Å². The van der Waals surface area contributed by atoms with E-state index in [-0.39, 0.29) is 18.6 Å². The molecule has 1 aromatic heterocycles. The second-order valence-corrected chi connectivity index (χ2v) is 7.05. The number of rotatable bonds is 5. The van der Waals surface area contributed by atoms with Crippen LogP contribution in [-0.4, -0.2) is 54.8 Å². The molecular formula is C16H24N2O3S. The van der Waals surface area contributed by atoms with E-state index < -0.39 is 0 Å². The summed E-state index contributed by atoms with van der Waals surface area (Å²) in [4.78, 5) is 18.8. The summed E-state index contributed by atoms with van der Waals surface area (Å²) < 4.78 is 11.0. The summed E-state index contributed by atoms with van der Waals surface area (Å²) >= 11 is 1.71. The lowest BCUT2D eigenvalue weighted by atomic mass is 9.99. The van der Waals surface area contributed by atoms with Crippen LogP contribution >= 0.6 is 11.3 Å². The number of carbonyl (C=O) groups is 1. The lowest BCUT2D eigenvalue weighted by Crippen LogP contribution is -2.41. The molecule has 1 amide bonds. The third kappa shape index (κ3) is 4.06. The van der Waals surface area contributed by atoms with Gasteiger partial charge in [0.2, 0.25) is 5.91 Å². The molecule has 0 bridgehead atoms. The minimum atomic E-state index is 0.0935. The van der Waals surface area contributed by atoms with Crippen molar-refractivity contribution in [1.29, 1.82) is 0 Å². The maximum Gasteiger partial charge on any atom is 0.248 e. The van der Waals surface area contributed by atoms with Crippen molar-refractivity contribution >= 4 is 17.2 Å². The van der Waals surface area contributed by atoms with E-state index in [1.54, 1.807) is 11.3 Å². The molecule has 5 nitrogen and oxygen atoms in total. The van der Waals surface area contributed by atoms with E-state index in [9.17, 15) is 4.79 Å². The summed E-state index contributed by atoms with van der Waals surface area (Å²) in [5.41, 5.74) is 1.07. The second kappa shape index (κ2) is 7.53. The first-order chi connectivity index (χ1) is 10.7. The van der Waals surface area contributed by atoms with E-state index in [1.165, 1.54) is 0 Å². The van der Waals surface area contributed by atoms with Gasteiger partial charge in [0.05, 0.1) is 17.7 Å². The van der Waals surface area contributed by atoms with E-state index >= 15 is 0 Å². The first-order valence-corrected chi connectivity index (χ1v) is 8.99. The molecule has 0 N–H and O–H groups in total. The van der Waals surface area contributed by atoms with Gasteiger partial charge in [0.1, 0.15) is 6.61 Å². The molecule has 2 saturated heterocycles. The van der Waals surface area contributed by atoms with Crippen LogP contribution in [0.2, 0.25) is 0 Å².